The van der Waals surface area contributed by atoms with E-state index in [4.69, 9.17) is 68.5 Å². The molecule has 1 aliphatic carbocycles. The van der Waals surface area contributed by atoms with Crippen LogP contribution in [0.15, 0.2) is 73.2 Å². The molecule has 0 unspecified atom stereocenters. The number of rotatable bonds is 18. The average Bonchev–Trinajstić information content (AvgIpc) is 0.899. The first-order valence-electron chi connectivity index (χ1n) is 33.0. The number of hydrogen-bond donors (Lipinski definition) is 1. The average molecular weight is 1410 g/mol. The Morgan fingerprint density at radius 1 is 0.495 bits per heavy atom. The maximum absolute atomic E-state index is 12.2. The number of amides is 1. The Balaban J connectivity index is 0.000000171. The third-order valence-electron chi connectivity index (χ3n) is 19.7. The standard InChI is InChI=1S/C25H31Cl2N5O4.C24H30Cl2N6O3.C17H25ClN4O2/c1-3-19-16-30(24-23(27)13-21(14-28-24)32(34)35)10-11-31(19)20-6-8-29(9-7-20)15-17-4-5-18(26)12-22(17)25(33)36-2;1-2-18-15-30(24-22(26)12-20(13-28-24)32(34)35)9-10-31(18)19-5-7-29(8-6-19)14-16-3-4-17(25)11-21(16)23(27)33;1-2-13-12-20(8-9-21(13)14-6-4-3-5-7-14)17-16(18)10-15(11-19-17)22(23)24/h4-5,12-14,19-20H,3,6-11,15-16H2,1-2H3;3-4,11-13,18-19H,2,5-10,14-15H2,1H3,(H2,27,33);10-11,13-14H,2-9,12H2,1H3/t19-;18-;13-/m000/s1. The number of aromatic nitrogens is 3. The fourth-order valence-electron chi connectivity index (χ4n) is 14.6. The molecule has 3 aromatic heterocycles. The lowest BCUT2D eigenvalue weighted by atomic mass is 9.92. The highest BCUT2D eigenvalue weighted by atomic mass is 35.5. The van der Waals surface area contributed by atoms with Crippen LogP contribution in [-0.2, 0) is 17.8 Å². The number of esters is 1. The predicted molar refractivity (Wildman–Crippen MR) is 373 cm³/mol. The van der Waals surface area contributed by atoms with Crippen molar-refractivity contribution < 1.29 is 29.1 Å². The molecule has 1 saturated carbocycles. The summed E-state index contributed by atoms with van der Waals surface area (Å²) >= 11 is 31.1. The van der Waals surface area contributed by atoms with Gasteiger partial charge >= 0.3 is 5.97 Å². The second-order valence-corrected chi connectivity index (χ2v) is 27.4. The van der Waals surface area contributed by atoms with Crippen LogP contribution in [0.1, 0.15) is 130 Å². The summed E-state index contributed by atoms with van der Waals surface area (Å²) in [5.74, 6) is 1.07. The van der Waals surface area contributed by atoms with Gasteiger partial charge in [0.15, 0.2) is 0 Å². The molecule has 6 fully saturated rings. The maximum atomic E-state index is 12.2. The van der Waals surface area contributed by atoms with Crippen molar-refractivity contribution in [1.29, 1.82) is 0 Å². The molecule has 24 nitrogen and oxygen atoms in total. The van der Waals surface area contributed by atoms with E-state index in [-0.39, 0.29) is 23.0 Å². The SMILES string of the molecule is CC[C@H]1CN(c2ncc([N+](=O)[O-])cc2Cl)CCN1C1CCCCC1.CC[C@H]1CN(c2ncc([N+](=O)[O-])cc2Cl)CCN1C1CCN(Cc2ccc(Cl)cc2C(=O)OC)CC1.CC[C@H]1CN(c2ncc([N+](=O)[O-])cc2Cl)CCN1C1CCN(Cc2ccc(Cl)cc2C(N)=O)CC1. The highest BCUT2D eigenvalue weighted by Crippen LogP contribution is 2.36. The highest BCUT2D eigenvalue weighted by Gasteiger charge is 2.38. The number of carbonyl (C=O) groups excluding carboxylic acids is 2. The van der Waals surface area contributed by atoms with Crippen LogP contribution in [0.2, 0.25) is 25.1 Å². The second kappa shape index (κ2) is 34.3. The van der Waals surface area contributed by atoms with Crippen LogP contribution in [0.4, 0.5) is 34.5 Å². The van der Waals surface area contributed by atoms with Crippen molar-refractivity contribution in [3.05, 3.63) is 151 Å². The molecule has 6 aliphatic rings. The summed E-state index contributed by atoms with van der Waals surface area (Å²) in [6, 6.07) is 17.8. The summed E-state index contributed by atoms with van der Waals surface area (Å²) in [4.78, 5) is 87.4. The zero-order chi connectivity index (χ0) is 68.0. The number of benzene rings is 2. The van der Waals surface area contributed by atoms with Gasteiger partial charge in [0.05, 0.1) is 42.5 Å². The summed E-state index contributed by atoms with van der Waals surface area (Å²) in [6.45, 7) is 19.4. The highest BCUT2D eigenvalue weighted by molar-refractivity contribution is 6.34. The molecule has 11 rings (SSSR count). The van der Waals surface area contributed by atoms with E-state index in [1.807, 2.05) is 18.2 Å². The lowest BCUT2D eigenvalue weighted by molar-refractivity contribution is -0.385. The third kappa shape index (κ3) is 18.7. The van der Waals surface area contributed by atoms with Crippen LogP contribution < -0.4 is 20.4 Å². The lowest BCUT2D eigenvalue weighted by Crippen LogP contribution is -2.58. The molecule has 95 heavy (non-hydrogen) atoms. The van der Waals surface area contributed by atoms with Gasteiger partial charge in [-0.3, -0.25) is 59.6 Å². The number of carbonyl (C=O) groups is 2. The van der Waals surface area contributed by atoms with Crippen LogP contribution in [0.5, 0.6) is 0 Å². The number of hydrogen-bond acceptors (Lipinski definition) is 20. The minimum absolute atomic E-state index is 0.0587. The Hall–Kier alpha value is -6.32. The van der Waals surface area contributed by atoms with Gasteiger partial charge in [-0.15, -0.1) is 0 Å². The van der Waals surface area contributed by atoms with Gasteiger partial charge in [0.25, 0.3) is 17.1 Å². The van der Waals surface area contributed by atoms with Gasteiger partial charge in [0, 0.05) is 142 Å². The zero-order valence-corrected chi connectivity index (χ0v) is 58.2. The van der Waals surface area contributed by atoms with Crippen LogP contribution in [0.25, 0.3) is 0 Å². The van der Waals surface area contributed by atoms with Crippen molar-refractivity contribution >= 4 is 104 Å². The number of pyridine rings is 3. The number of piperidine rings is 2. The monoisotopic (exact) mass is 1410 g/mol. The van der Waals surface area contributed by atoms with Gasteiger partial charge in [-0.2, -0.15) is 0 Å². The van der Waals surface area contributed by atoms with Crippen molar-refractivity contribution in [2.24, 2.45) is 5.73 Å². The minimum Gasteiger partial charge on any atom is -0.465 e. The number of likely N-dealkylation sites (tertiary alicyclic amines) is 2. The molecule has 0 bridgehead atoms. The third-order valence-corrected chi connectivity index (χ3v) is 21.0. The van der Waals surface area contributed by atoms with Gasteiger partial charge in [0.2, 0.25) is 5.91 Å². The number of nitrogens with zero attached hydrogens (tertiary/aromatic N) is 14. The first kappa shape index (κ1) is 72.9. The number of ether oxygens (including phenoxy) is 1. The largest absolute Gasteiger partial charge is 0.465 e. The van der Waals surface area contributed by atoms with Crippen molar-refractivity contribution in [2.75, 3.05) is 107 Å². The zero-order valence-electron chi connectivity index (χ0n) is 54.4. The summed E-state index contributed by atoms with van der Waals surface area (Å²) in [5, 5.41) is 34.9. The maximum Gasteiger partial charge on any atom is 0.338 e. The molecule has 5 aromatic rings. The number of nitro groups is 3. The molecule has 514 valence electrons. The smallest absolute Gasteiger partial charge is 0.338 e. The number of primary amides is 1. The van der Waals surface area contributed by atoms with Crippen LogP contribution in [0.3, 0.4) is 0 Å². The van der Waals surface area contributed by atoms with E-state index >= 15 is 0 Å². The van der Waals surface area contributed by atoms with Crippen LogP contribution in [-0.4, -0.2) is 195 Å². The number of halogens is 5. The lowest BCUT2D eigenvalue weighted by Gasteiger charge is -2.47. The first-order chi connectivity index (χ1) is 45.7. The Kier molecular flexibility index (Phi) is 26.3. The molecular formula is C66H86Cl5N15O9. The molecular weight excluding hydrogens is 1320 g/mol. The molecule has 5 saturated heterocycles. The number of methoxy groups -OCH3 is 1. The van der Waals surface area contributed by atoms with E-state index in [1.165, 1.54) is 76.0 Å². The second-order valence-electron chi connectivity index (χ2n) is 25.3. The molecule has 0 spiro atoms. The fraction of sp³-hybridized carbons (Fsp3) is 0.561. The van der Waals surface area contributed by atoms with E-state index in [0.717, 1.165) is 141 Å². The minimum atomic E-state index is -0.483. The number of nitrogens with two attached hydrogens (primary N) is 1. The van der Waals surface area contributed by atoms with E-state index in [2.05, 4.69) is 74.9 Å². The molecule has 8 heterocycles. The van der Waals surface area contributed by atoms with Gasteiger partial charge in [-0.25, -0.2) is 19.7 Å². The fourth-order valence-corrected chi connectivity index (χ4v) is 15.8. The quantitative estimate of drug-likeness (QED) is 0.0485. The van der Waals surface area contributed by atoms with E-state index < -0.39 is 20.7 Å². The summed E-state index contributed by atoms with van der Waals surface area (Å²) in [7, 11) is 1.38. The summed E-state index contributed by atoms with van der Waals surface area (Å²) in [5.41, 5.74) is 8.14. The van der Waals surface area contributed by atoms with Crippen molar-refractivity contribution in [1.82, 2.24) is 39.5 Å². The number of anilines is 3. The molecule has 3 atom stereocenters. The van der Waals surface area contributed by atoms with Crippen molar-refractivity contribution in [3.8, 4) is 0 Å². The van der Waals surface area contributed by atoms with Gasteiger partial charge < -0.3 is 25.2 Å². The molecule has 1 amide bonds. The Labute approximate surface area is 580 Å². The Morgan fingerprint density at radius 2 is 0.832 bits per heavy atom. The summed E-state index contributed by atoms with van der Waals surface area (Å²) in [6.07, 6.45) is 17.8. The Morgan fingerprint density at radius 3 is 1.15 bits per heavy atom. The van der Waals surface area contributed by atoms with Crippen molar-refractivity contribution in [2.45, 2.75) is 147 Å². The molecule has 2 N–H and O–H groups in total. The molecule has 2 aromatic carbocycles. The van der Waals surface area contributed by atoms with E-state index in [9.17, 15) is 39.9 Å². The molecule has 0 radical (unpaired) electrons. The van der Waals surface area contributed by atoms with Crippen LogP contribution >= 0.6 is 58.0 Å². The summed E-state index contributed by atoms with van der Waals surface area (Å²) < 4.78 is 4.94. The first-order valence-corrected chi connectivity index (χ1v) is 34.9. The molecule has 5 aliphatic heterocycles. The van der Waals surface area contributed by atoms with E-state index in [1.54, 1.807) is 18.2 Å². The molecule has 29 heteroatoms. The predicted octanol–water partition coefficient (Wildman–Crippen LogP) is 12.5. The van der Waals surface area contributed by atoms with Gasteiger partial charge in [0.1, 0.15) is 36.0 Å². The normalized spacial score (nSPS) is 20.9. The van der Waals surface area contributed by atoms with Gasteiger partial charge in [-0.1, -0.05) is 110 Å². The van der Waals surface area contributed by atoms with Crippen LogP contribution in [0, 0.1) is 30.3 Å². The van der Waals surface area contributed by atoms with E-state index in [0.29, 0.717) is 103 Å². The van der Waals surface area contributed by atoms with Crippen molar-refractivity contribution in [3.63, 3.8) is 0 Å². The Bertz CT molecular complexity index is 3490. The topological polar surface area (TPSA) is 263 Å². The van der Waals surface area contributed by atoms with Gasteiger partial charge in [-0.05, 0) is 119 Å². The number of piperazine rings is 3.